The molecule has 0 saturated carbocycles. The molecule has 1 saturated heterocycles. The summed E-state index contributed by atoms with van der Waals surface area (Å²) in [6.45, 7) is -0.513. The van der Waals surface area contributed by atoms with Crippen LogP contribution in [0.15, 0.2) is 18.3 Å². The predicted octanol–water partition coefficient (Wildman–Crippen LogP) is 0.895. The van der Waals surface area contributed by atoms with Crippen LogP contribution in [0.5, 0.6) is 0 Å². The van der Waals surface area contributed by atoms with Gasteiger partial charge in [-0.3, -0.25) is 4.79 Å². The Bertz CT molecular complexity index is 496. The van der Waals surface area contributed by atoms with Crippen molar-refractivity contribution in [2.75, 3.05) is 31.6 Å². The molecule has 1 aromatic heterocycles. The van der Waals surface area contributed by atoms with E-state index in [1.165, 1.54) is 13.2 Å². The number of nitrogens with one attached hydrogen (secondary N) is 1. The number of halogens is 2. The topological polar surface area (TPSA) is 65.5 Å². The summed E-state index contributed by atoms with van der Waals surface area (Å²) in [5.41, 5.74) is 0.344. The third-order valence-electron chi connectivity index (χ3n) is 3.53. The SMILES string of the molecule is CNC(=O)c1cccnc1N1CCC(F)(F)C(CO)C1. The van der Waals surface area contributed by atoms with Crippen LogP contribution in [-0.2, 0) is 0 Å². The maximum Gasteiger partial charge on any atom is 0.256 e. The number of carbonyl (C=O) groups excluding carboxylic acids is 1. The lowest BCUT2D eigenvalue weighted by Crippen LogP contribution is -2.49. The number of hydrogen-bond donors (Lipinski definition) is 2. The van der Waals surface area contributed by atoms with E-state index in [9.17, 15) is 13.6 Å². The number of nitrogens with zero attached hydrogens (tertiary/aromatic N) is 2. The molecule has 0 aromatic carbocycles. The largest absolute Gasteiger partial charge is 0.396 e. The number of amides is 1. The first-order chi connectivity index (χ1) is 9.49. The summed E-state index contributed by atoms with van der Waals surface area (Å²) in [6.07, 6.45) is 1.16. The van der Waals surface area contributed by atoms with Crippen molar-refractivity contribution in [3.05, 3.63) is 23.9 Å². The molecule has 1 aliphatic rings. The molecule has 1 fully saturated rings. The molecule has 0 aliphatic carbocycles. The summed E-state index contributed by atoms with van der Waals surface area (Å²) in [6, 6.07) is 3.22. The fourth-order valence-electron chi connectivity index (χ4n) is 2.32. The maximum absolute atomic E-state index is 13.6. The fourth-order valence-corrected chi connectivity index (χ4v) is 2.32. The molecule has 7 heteroatoms. The Morgan fingerprint density at radius 2 is 2.40 bits per heavy atom. The molecule has 1 aromatic rings. The minimum absolute atomic E-state index is 0.0233. The van der Waals surface area contributed by atoms with Gasteiger partial charge in [-0.2, -0.15) is 0 Å². The molecule has 0 bridgehead atoms. The number of aromatic nitrogens is 1. The Kier molecular flexibility index (Phi) is 4.17. The molecule has 20 heavy (non-hydrogen) atoms. The van der Waals surface area contributed by atoms with Gasteiger partial charge in [0.15, 0.2) is 0 Å². The van der Waals surface area contributed by atoms with Crippen molar-refractivity contribution in [1.82, 2.24) is 10.3 Å². The van der Waals surface area contributed by atoms with E-state index in [2.05, 4.69) is 10.3 Å². The zero-order valence-electron chi connectivity index (χ0n) is 11.1. The first-order valence-corrected chi connectivity index (χ1v) is 6.40. The summed E-state index contributed by atoms with van der Waals surface area (Å²) in [4.78, 5) is 17.5. The quantitative estimate of drug-likeness (QED) is 0.866. The zero-order valence-corrected chi connectivity index (χ0v) is 11.1. The molecule has 2 N–H and O–H groups in total. The van der Waals surface area contributed by atoms with Gasteiger partial charge in [0.1, 0.15) is 5.82 Å². The number of pyridine rings is 1. The number of carbonyl (C=O) groups is 1. The van der Waals surface area contributed by atoms with Crippen LogP contribution in [-0.4, -0.2) is 48.7 Å². The molecule has 110 valence electrons. The van der Waals surface area contributed by atoms with E-state index in [-0.39, 0.29) is 25.4 Å². The second-order valence-corrected chi connectivity index (χ2v) is 4.79. The molecule has 1 atom stereocenters. The summed E-state index contributed by atoms with van der Waals surface area (Å²) >= 11 is 0. The van der Waals surface area contributed by atoms with Gasteiger partial charge in [0.05, 0.1) is 18.1 Å². The third kappa shape index (κ3) is 2.72. The van der Waals surface area contributed by atoms with Gasteiger partial charge >= 0.3 is 0 Å². The van der Waals surface area contributed by atoms with Crippen molar-refractivity contribution >= 4 is 11.7 Å². The van der Waals surface area contributed by atoms with E-state index in [1.54, 1.807) is 17.0 Å². The minimum atomic E-state index is -2.88. The Balaban J connectivity index is 2.27. The van der Waals surface area contributed by atoms with Crippen molar-refractivity contribution in [2.24, 2.45) is 5.92 Å². The first-order valence-electron chi connectivity index (χ1n) is 6.40. The summed E-state index contributed by atoms with van der Waals surface area (Å²) < 4.78 is 27.2. The smallest absolute Gasteiger partial charge is 0.256 e. The number of alkyl halides is 2. The molecule has 2 rings (SSSR count). The summed E-state index contributed by atoms with van der Waals surface area (Å²) in [7, 11) is 1.50. The van der Waals surface area contributed by atoms with Crippen LogP contribution in [0, 0.1) is 5.92 Å². The molecule has 5 nitrogen and oxygen atoms in total. The van der Waals surface area contributed by atoms with Crippen LogP contribution in [0.4, 0.5) is 14.6 Å². The lowest BCUT2D eigenvalue weighted by Gasteiger charge is -2.38. The summed E-state index contributed by atoms with van der Waals surface area (Å²) in [5.74, 6) is -3.96. The standard InChI is InChI=1S/C13H17F2N3O2/c1-16-12(20)10-3-2-5-17-11(10)18-6-4-13(14,15)9(7-18)8-19/h2-3,5,9,19H,4,6-8H2,1H3,(H,16,20). The van der Waals surface area contributed by atoms with E-state index < -0.39 is 18.4 Å². The molecular formula is C13H17F2N3O2. The van der Waals surface area contributed by atoms with Crippen LogP contribution in [0.25, 0.3) is 0 Å². The van der Waals surface area contributed by atoms with Crippen LogP contribution < -0.4 is 10.2 Å². The van der Waals surface area contributed by atoms with Crippen molar-refractivity contribution in [1.29, 1.82) is 0 Å². The third-order valence-corrected chi connectivity index (χ3v) is 3.53. The van der Waals surface area contributed by atoms with Gasteiger partial charge in [0.25, 0.3) is 11.8 Å². The first kappa shape index (κ1) is 14.6. The highest BCUT2D eigenvalue weighted by Gasteiger charge is 2.44. The monoisotopic (exact) mass is 285 g/mol. The second-order valence-electron chi connectivity index (χ2n) is 4.79. The summed E-state index contributed by atoms with van der Waals surface area (Å²) in [5, 5.41) is 11.6. The van der Waals surface area contributed by atoms with Gasteiger partial charge in [-0.25, -0.2) is 13.8 Å². The zero-order chi connectivity index (χ0) is 14.8. The molecule has 1 amide bonds. The minimum Gasteiger partial charge on any atom is -0.396 e. The predicted molar refractivity (Wildman–Crippen MR) is 70.0 cm³/mol. The average molecular weight is 285 g/mol. The van der Waals surface area contributed by atoms with Gasteiger partial charge < -0.3 is 15.3 Å². The van der Waals surface area contributed by atoms with E-state index >= 15 is 0 Å². The highest BCUT2D eigenvalue weighted by atomic mass is 19.3. The number of aliphatic hydroxyl groups is 1. The normalized spacial score (nSPS) is 21.6. The number of aliphatic hydroxyl groups excluding tert-OH is 1. The molecule has 0 radical (unpaired) electrons. The Hall–Kier alpha value is -1.76. The Morgan fingerprint density at radius 3 is 3.05 bits per heavy atom. The Labute approximate surface area is 115 Å². The van der Waals surface area contributed by atoms with E-state index in [4.69, 9.17) is 5.11 Å². The van der Waals surface area contributed by atoms with Crippen LogP contribution >= 0.6 is 0 Å². The van der Waals surface area contributed by atoms with Gasteiger partial charge in [-0.1, -0.05) is 0 Å². The van der Waals surface area contributed by atoms with Crippen LogP contribution in [0.1, 0.15) is 16.8 Å². The second kappa shape index (κ2) is 5.70. The molecule has 1 unspecified atom stereocenters. The molecule has 1 aliphatic heterocycles. The maximum atomic E-state index is 13.6. The van der Waals surface area contributed by atoms with Gasteiger partial charge in [-0.15, -0.1) is 0 Å². The van der Waals surface area contributed by atoms with Crippen LogP contribution in [0.3, 0.4) is 0 Å². The van der Waals surface area contributed by atoms with E-state index in [1.807, 2.05) is 0 Å². The number of hydrogen-bond acceptors (Lipinski definition) is 4. The van der Waals surface area contributed by atoms with Gasteiger partial charge in [0, 0.05) is 32.8 Å². The lowest BCUT2D eigenvalue weighted by atomic mass is 9.94. The van der Waals surface area contributed by atoms with E-state index in [0.29, 0.717) is 11.4 Å². The van der Waals surface area contributed by atoms with Crippen molar-refractivity contribution in [2.45, 2.75) is 12.3 Å². The highest BCUT2D eigenvalue weighted by molar-refractivity contribution is 5.98. The molecular weight excluding hydrogens is 268 g/mol. The van der Waals surface area contributed by atoms with Gasteiger partial charge in [0.2, 0.25) is 0 Å². The van der Waals surface area contributed by atoms with Crippen molar-refractivity contribution in [3.8, 4) is 0 Å². The number of piperidine rings is 1. The van der Waals surface area contributed by atoms with Crippen LogP contribution in [0.2, 0.25) is 0 Å². The van der Waals surface area contributed by atoms with E-state index in [0.717, 1.165) is 0 Å². The van der Waals surface area contributed by atoms with Crippen molar-refractivity contribution < 1.29 is 18.7 Å². The number of anilines is 1. The lowest BCUT2D eigenvalue weighted by molar-refractivity contribution is -0.0880. The molecule has 2 heterocycles. The molecule has 0 spiro atoms. The number of rotatable bonds is 3. The Morgan fingerprint density at radius 1 is 1.65 bits per heavy atom. The van der Waals surface area contributed by atoms with Gasteiger partial charge in [-0.05, 0) is 12.1 Å². The van der Waals surface area contributed by atoms with Crippen molar-refractivity contribution in [3.63, 3.8) is 0 Å². The highest BCUT2D eigenvalue weighted by Crippen LogP contribution is 2.35. The fraction of sp³-hybridized carbons (Fsp3) is 0.538. The average Bonchev–Trinajstić information content (AvgIpc) is 2.46.